The summed E-state index contributed by atoms with van der Waals surface area (Å²) in [5.74, 6) is -0.517. The topological polar surface area (TPSA) is 55.1 Å². The number of amides is 1. The zero-order valence-corrected chi connectivity index (χ0v) is 13.9. The fraction of sp³-hybridized carbons (Fsp3) is 0.235. The van der Waals surface area contributed by atoms with Gasteiger partial charge in [-0.3, -0.25) is 4.79 Å². The Morgan fingerprint density at radius 2 is 1.91 bits per heavy atom. The Balaban J connectivity index is 1.83. The maximum Gasteiger partial charge on any atom is 0.221 e. The van der Waals surface area contributed by atoms with Crippen LogP contribution in [0.5, 0.6) is 0 Å². The molecule has 0 fully saturated rings. The second-order valence-corrected chi connectivity index (χ2v) is 6.12. The fourth-order valence-electron chi connectivity index (χ4n) is 2.19. The smallest absolute Gasteiger partial charge is 0.221 e. The number of hydrogen-bond donors (Lipinski definition) is 2. The first-order valence-corrected chi connectivity index (χ1v) is 7.91. The minimum absolute atomic E-state index is 0.111. The molecule has 2 aromatic rings. The van der Waals surface area contributed by atoms with Crippen LogP contribution < -0.4 is 11.1 Å². The molecule has 0 aliphatic heterocycles. The van der Waals surface area contributed by atoms with Gasteiger partial charge in [-0.2, -0.15) is 0 Å². The van der Waals surface area contributed by atoms with Gasteiger partial charge in [0.25, 0.3) is 0 Å². The van der Waals surface area contributed by atoms with Gasteiger partial charge >= 0.3 is 0 Å². The van der Waals surface area contributed by atoms with Crippen LogP contribution in [-0.4, -0.2) is 11.9 Å². The van der Waals surface area contributed by atoms with Crippen LogP contribution in [-0.2, 0) is 17.8 Å². The van der Waals surface area contributed by atoms with E-state index < -0.39 is 6.04 Å². The van der Waals surface area contributed by atoms with Crippen molar-refractivity contribution in [2.45, 2.75) is 25.4 Å². The van der Waals surface area contributed by atoms with Gasteiger partial charge in [0.1, 0.15) is 5.82 Å². The predicted molar refractivity (Wildman–Crippen MR) is 91.0 cm³/mol. The van der Waals surface area contributed by atoms with Gasteiger partial charge in [-0.1, -0.05) is 47.5 Å². The first kappa shape index (κ1) is 17.7. The quantitative estimate of drug-likeness (QED) is 0.830. The maximum atomic E-state index is 13.6. The third-order valence-electron chi connectivity index (χ3n) is 3.38. The van der Waals surface area contributed by atoms with Gasteiger partial charge in [-0.15, -0.1) is 0 Å². The zero-order chi connectivity index (χ0) is 16.8. The third-order valence-corrected chi connectivity index (χ3v) is 3.97. The van der Waals surface area contributed by atoms with Crippen molar-refractivity contribution in [2.75, 3.05) is 0 Å². The van der Waals surface area contributed by atoms with Gasteiger partial charge in [-0.05, 0) is 35.7 Å². The molecule has 3 N–H and O–H groups in total. The number of carbonyl (C=O) groups is 1. The van der Waals surface area contributed by atoms with E-state index in [-0.39, 0.29) is 18.1 Å². The summed E-state index contributed by atoms with van der Waals surface area (Å²) in [4.78, 5) is 11.9. The molecule has 0 bridgehead atoms. The minimum atomic E-state index is -0.451. The average Bonchev–Trinajstić information content (AvgIpc) is 2.48. The number of halogens is 3. The summed E-state index contributed by atoms with van der Waals surface area (Å²) >= 11 is 11.9. The highest BCUT2D eigenvalue weighted by molar-refractivity contribution is 6.35. The highest BCUT2D eigenvalue weighted by Crippen LogP contribution is 2.20. The molecule has 122 valence electrons. The van der Waals surface area contributed by atoms with Crippen LogP contribution >= 0.6 is 23.2 Å². The molecular formula is C17H17Cl2FN2O. The molecule has 1 amide bonds. The molecule has 0 saturated carbocycles. The van der Waals surface area contributed by atoms with E-state index in [4.69, 9.17) is 28.9 Å². The van der Waals surface area contributed by atoms with Gasteiger partial charge in [0.05, 0.1) is 0 Å². The lowest BCUT2D eigenvalue weighted by atomic mass is 10.0. The monoisotopic (exact) mass is 354 g/mol. The summed E-state index contributed by atoms with van der Waals surface area (Å²) in [6.45, 7) is 0.293. The Morgan fingerprint density at radius 1 is 1.17 bits per heavy atom. The summed E-state index contributed by atoms with van der Waals surface area (Å²) in [5, 5.41) is 3.78. The van der Waals surface area contributed by atoms with Crippen LogP contribution in [0.4, 0.5) is 4.39 Å². The van der Waals surface area contributed by atoms with Crippen molar-refractivity contribution in [2.24, 2.45) is 5.73 Å². The molecule has 0 spiro atoms. The molecule has 2 rings (SSSR count). The van der Waals surface area contributed by atoms with Crippen molar-refractivity contribution < 1.29 is 9.18 Å². The Kier molecular flexibility index (Phi) is 6.39. The van der Waals surface area contributed by atoms with Gasteiger partial charge in [-0.25, -0.2) is 4.39 Å². The Bertz CT molecular complexity index is 694. The standard InChI is InChI=1S/C17H17Cl2FN2O/c18-13-6-5-12(15(19)8-13)10-22-17(23)9-14(21)7-11-3-1-2-4-16(11)20/h1-6,8,14H,7,9-10,21H2,(H,22,23)/t14-/m1/s1. The number of nitrogens with two attached hydrogens (primary N) is 1. The maximum absolute atomic E-state index is 13.6. The lowest BCUT2D eigenvalue weighted by Crippen LogP contribution is -2.33. The van der Waals surface area contributed by atoms with E-state index in [2.05, 4.69) is 5.32 Å². The van der Waals surface area contributed by atoms with Crippen LogP contribution in [0, 0.1) is 5.82 Å². The average molecular weight is 355 g/mol. The second-order valence-electron chi connectivity index (χ2n) is 5.27. The van der Waals surface area contributed by atoms with Gasteiger partial charge in [0.2, 0.25) is 5.91 Å². The van der Waals surface area contributed by atoms with Crippen LogP contribution in [0.3, 0.4) is 0 Å². The highest BCUT2D eigenvalue weighted by atomic mass is 35.5. The van der Waals surface area contributed by atoms with E-state index in [1.54, 1.807) is 36.4 Å². The van der Waals surface area contributed by atoms with Crippen molar-refractivity contribution in [1.29, 1.82) is 0 Å². The lowest BCUT2D eigenvalue weighted by molar-refractivity contribution is -0.121. The van der Waals surface area contributed by atoms with Gasteiger partial charge < -0.3 is 11.1 Å². The summed E-state index contributed by atoms with van der Waals surface area (Å²) in [6, 6.07) is 11.0. The lowest BCUT2D eigenvalue weighted by Gasteiger charge is -2.13. The highest BCUT2D eigenvalue weighted by Gasteiger charge is 2.13. The summed E-state index contributed by atoms with van der Waals surface area (Å²) in [7, 11) is 0. The summed E-state index contributed by atoms with van der Waals surface area (Å²) in [6.07, 6.45) is 0.418. The number of carbonyl (C=O) groups excluding carboxylic acids is 1. The molecular weight excluding hydrogens is 338 g/mol. The molecule has 0 aliphatic carbocycles. The fourth-order valence-corrected chi connectivity index (χ4v) is 2.66. The van der Waals surface area contributed by atoms with Crippen molar-refractivity contribution in [3.63, 3.8) is 0 Å². The Morgan fingerprint density at radius 3 is 2.61 bits per heavy atom. The molecule has 0 radical (unpaired) electrons. The number of hydrogen-bond acceptors (Lipinski definition) is 2. The van der Waals surface area contributed by atoms with Crippen LogP contribution in [0.15, 0.2) is 42.5 Å². The first-order chi connectivity index (χ1) is 11.0. The first-order valence-electron chi connectivity index (χ1n) is 7.15. The van der Waals surface area contributed by atoms with Gasteiger partial charge in [0.15, 0.2) is 0 Å². The molecule has 2 aromatic carbocycles. The molecule has 3 nitrogen and oxygen atoms in total. The predicted octanol–water partition coefficient (Wildman–Crippen LogP) is 3.71. The largest absolute Gasteiger partial charge is 0.352 e. The molecule has 0 heterocycles. The molecule has 1 atom stereocenters. The van der Waals surface area contributed by atoms with E-state index in [0.29, 0.717) is 28.6 Å². The van der Waals surface area contributed by atoms with E-state index >= 15 is 0 Å². The third kappa shape index (κ3) is 5.50. The molecule has 0 saturated heterocycles. The normalized spacial score (nSPS) is 12.0. The van der Waals surface area contributed by atoms with Crippen LogP contribution in [0.25, 0.3) is 0 Å². The van der Waals surface area contributed by atoms with Crippen molar-refractivity contribution >= 4 is 29.1 Å². The van der Waals surface area contributed by atoms with Crippen LogP contribution in [0.2, 0.25) is 10.0 Å². The number of nitrogens with one attached hydrogen (secondary N) is 1. The number of benzene rings is 2. The summed E-state index contributed by atoms with van der Waals surface area (Å²) < 4.78 is 13.6. The van der Waals surface area contributed by atoms with E-state index in [0.717, 1.165) is 5.56 Å². The number of rotatable bonds is 6. The Hall–Kier alpha value is -1.62. The minimum Gasteiger partial charge on any atom is -0.352 e. The molecule has 23 heavy (non-hydrogen) atoms. The van der Waals surface area contributed by atoms with E-state index in [1.807, 2.05) is 0 Å². The molecule has 0 aliphatic rings. The van der Waals surface area contributed by atoms with Crippen molar-refractivity contribution in [3.05, 3.63) is 69.5 Å². The SMILES string of the molecule is N[C@@H](CC(=O)NCc1ccc(Cl)cc1Cl)Cc1ccccc1F. The van der Waals surface area contributed by atoms with Gasteiger partial charge in [0, 0.05) is 29.1 Å². The van der Waals surface area contributed by atoms with Crippen molar-refractivity contribution in [3.8, 4) is 0 Å². The van der Waals surface area contributed by atoms with E-state index in [1.165, 1.54) is 6.07 Å². The summed E-state index contributed by atoms with van der Waals surface area (Å²) in [5.41, 5.74) is 7.20. The van der Waals surface area contributed by atoms with E-state index in [9.17, 15) is 9.18 Å². The molecule has 6 heteroatoms. The second kappa shape index (κ2) is 8.29. The zero-order valence-electron chi connectivity index (χ0n) is 12.4. The Labute approximate surface area is 144 Å². The molecule has 0 unspecified atom stereocenters. The van der Waals surface area contributed by atoms with Crippen molar-refractivity contribution in [1.82, 2.24) is 5.32 Å². The molecule has 0 aromatic heterocycles. The van der Waals surface area contributed by atoms with Crippen LogP contribution in [0.1, 0.15) is 17.5 Å².